The lowest BCUT2D eigenvalue weighted by molar-refractivity contribution is 0.0893. The number of carbonyl (C=O) groups excluding carboxylic acids is 1. The second-order valence-corrected chi connectivity index (χ2v) is 5.63. The Morgan fingerprint density at radius 1 is 1.05 bits per heavy atom. The van der Waals surface area contributed by atoms with Gasteiger partial charge in [-0.2, -0.15) is 0 Å². The number of carbonyl (C=O) groups is 1. The summed E-state index contributed by atoms with van der Waals surface area (Å²) in [6.45, 7) is 1.10. The molecule has 108 valence electrons. The highest BCUT2D eigenvalue weighted by Crippen LogP contribution is 2.33. The molecule has 0 aromatic heterocycles. The highest BCUT2D eigenvalue weighted by atomic mass is 16.6. The first kappa shape index (κ1) is 13.4. The van der Waals surface area contributed by atoms with Crippen molar-refractivity contribution in [1.29, 1.82) is 0 Å². The van der Waals surface area contributed by atoms with Gasteiger partial charge >= 0.3 is 0 Å². The lowest BCUT2D eigenvalue weighted by Crippen LogP contribution is -2.34. The molecule has 1 heterocycles. The molecule has 1 saturated carbocycles. The van der Waals surface area contributed by atoms with Crippen molar-refractivity contribution in [3.63, 3.8) is 0 Å². The molecular formula is C16H21NO3. The summed E-state index contributed by atoms with van der Waals surface area (Å²) in [5.41, 5.74) is 6.87. The Morgan fingerprint density at radius 2 is 1.80 bits per heavy atom. The van der Waals surface area contributed by atoms with Crippen LogP contribution in [-0.2, 0) is 0 Å². The number of hydrogen-bond donors (Lipinski definition) is 1. The van der Waals surface area contributed by atoms with Crippen molar-refractivity contribution in [2.75, 3.05) is 13.2 Å². The van der Waals surface area contributed by atoms with Gasteiger partial charge in [-0.3, -0.25) is 4.79 Å². The Hall–Kier alpha value is -1.55. The van der Waals surface area contributed by atoms with Crippen molar-refractivity contribution in [2.45, 2.75) is 38.1 Å². The molecule has 1 fully saturated rings. The topological polar surface area (TPSA) is 61.6 Å². The number of nitrogens with two attached hydrogens (primary N) is 1. The maximum absolute atomic E-state index is 12.7. The molecule has 0 bridgehead atoms. The van der Waals surface area contributed by atoms with E-state index >= 15 is 0 Å². The molecule has 1 aliphatic carbocycles. The van der Waals surface area contributed by atoms with Crippen LogP contribution < -0.4 is 15.2 Å². The second-order valence-electron chi connectivity index (χ2n) is 5.63. The first-order valence-corrected chi connectivity index (χ1v) is 7.45. The van der Waals surface area contributed by atoms with Crippen LogP contribution in [0.4, 0.5) is 0 Å². The van der Waals surface area contributed by atoms with Gasteiger partial charge in [0.1, 0.15) is 13.2 Å². The fourth-order valence-electron chi connectivity index (χ4n) is 3.07. The number of benzene rings is 1. The van der Waals surface area contributed by atoms with Crippen molar-refractivity contribution in [1.82, 2.24) is 0 Å². The largest absolute Gasteiger partial charge is 0.486 e. The predicted octanol–water partition coefficient (Wildman–Crippen LogP) is 2.55. The Bertz CT molecular complexity index is 500. The van der Waals surface area contributed by atoms with Crippen molar-refractivity contribution >= 4 is 5.78 Å². The van der Waals surface area contributed by atoms with Crippen LogP contribution in [-0.4, -0.2) is 25.0 Å². The van der Waals surface area contributed by atoms with E-state index in [-0.39, 0.29) is 17.7 Å². The minimum atomic E-state index is -0.0555. The van der Waals surface area contributed by atoms with E-state index in [2.05, 4.69) is 0 Å². The minimum Gasteiger partial charge on any atom is -0.486 e. The first-order chi connectivity index (χ1) is 9.75. The van der Waals surface area contributed by atoms with Crippen molar-refractivity contribution in [3.8, 4) is 11.5 Å². The number of ether oxygens (including phenoxy) is 2. The summed E-state index contributed by atoms with van der Waals surface area (Å²) >= 11 is 0. The Kier molecular flexibility index (Phi) is 3.92. The summed E-state index contributed by atoms with van der Waals surface area (Å²) in [5, 5.41) is 0. The number of ketones is 1. The molecule has 0 saturated heterocycles. The Balaban J connectivity index is 1.82. The van der Waals surface area contributed by atoms with Crippen LogP contribution in [0.25, 0.3) is 0 Å². The standard InChI is InChI=1S/C16H21NO3/c17-13-5-3-1-2-4-12(13)16(18)11-6-7-14-15(10-11)20-9-8-19-14/h6-7,10,12-13H,1-5,8-9,17H2. The maximum atomic E-state index is 12.7. The first-order valence-electron chi connectivity index (χ1n) is 7.45. The summed E-state index contributed by atoms with van der Waals surface area (Å²) < 4.78 is 11.0. The van der Waals surface area contributed by atoms with E-state index in [1.54, 1.807) is 6.07 Å². The van der Waals surface area contributed by atoms with Gasteiger partial charge in [-0.15, -0.1) is 0 Å². The monoisotopic (exact) mass is 275 g/mol. The van der Waals surface area contributed by atoms with Gasteiger partial charge in [-0.25, -0.2) is 0 Å². The Labute approximate surface area is 119 Å². The number of hydrogen-bond acceptors (Lipinski definition) is 4. The van der Waals surface area contributed by atoms with E-state index < -0.39 is 0 Å². The molecule has 2 N–H and O–H groups in total. The zero-order valence-electron chi connectivity index (χ0n) is 11.6. The van der Waals surface area contributed by atoms with Gasteiger partial charge in [0.15, 0.2) is 17.3 Å². The van der Waals surface area contributed by atoms with Gasteiger partial charge < -0.3 is 15.2 Å². The average Bonchev–Trinajstić information content (AvgIpc) is 2.70. The third kappa shape index (κ3) is 2.66. The van der Waals surface area contributed by atoms with Gasteiger partial charge in [0, 0.05) is 17.5 Å². The van der Waals surface area contributed by atoms with E-state index in [9.17, 15) is 4.79 Å². The molecule has 2 aliphatic rings. The van der Waals surface area contributed by atoms with Crippen LogP contribution in [0, 0.1) is 5.92 Å². The molecule has 4 heteroatoms. The number of fused-ring (bicyclic) bond motifs is 1. The third-order valence-corrected chi connectivity index (χ3v) is 4.23. The molecule has 0 spiro atoms. The van der Waals surface area contributed by atoms with Crippen LogP contribution in [0.15, 0.2) is 18.2 Å². The molecule has 1 aromatic carbocycles. The summed E-state index contributed by atoms with van der Waals surface area (Å²) in [7, 11) is 0. The predicted molar refractivity (Wildman–Crippen MR) is 76.3 cm³/mol. The van der Waals surface area contributed by atoms with Gasteiger partial charge in [0.2, 0.25) is 0 Å². The summed E-state index contributed by atoms with van der Waals surface area (Å²) in [5.74, 6) is 1.48. The van der Waals surface area contributed by atoms with Crippen molar-refractivity contribution in [3.05, 3.63) is 23.8 Å². The fourth-order valence-corrected chi connectivity index (χ4v) is 3.07. The van der Waals surface area contributed by atoms with Gasteiger partial charge in [-0.1, -0.05) is 19.3 Å². The lowest BCUT2D eigenvalue weighted by atomic mass is 9.87. The SMILES string of the molecule is NC1CCCCCC1C(=O)c1ccc2c(c1)OCCO2. The molecule has 20 heavy (non-hydrogen) atoms. The molecule has 4 nitrogen and oxygen atoms in total. The number of rotatable bonds is 2. The fraction of sp³-hybridized carbons (Fsp3) is 0.562. The van der Waals surface area contributed by atoms with Crippen LogP contribution in [0.5, 0.6) is 11.5 Å². The number of Topliss-reactive ketones (excluding diaryl/α,β-unsaturated/α-hetero) is 1. The van der Waals surface area contributed by atoms with Crippen LogP contribution >= 0.6 is 0 Å². The van der Waals surface area contributed by atoms with E-state index in [1.807, 2.05) is 12.1 Å². The van der Waals surface area contributed by atoms with E-state index in [0.717, 1.165) is 31.4 Å². The quantitative estimate of drug-likeness (QED) is 0.665. The third-order valence-electron chi connectivity index (χ3n) is 4.23. The lowest BCUT2D eigenvalue weighted by Gasteiger charge is -2.22. The zero-order chi connectivity index (χ0) is 13.9. The highest BCUT2D eigenvalue weighted by molar-refractivity contribution is 5.98. The van der Waals surface area contributed by atoms with E-state index in [1.165, 1.54) is 6.42 Å². The van der Waals surface area contributed by atoms with Gasteiger partial charge in [0.25, 0.3) is 0 Å². The second kappa shape index (κ2) is 5.83. The molecule has 2 atom stereocenters. The average molecular weight is 275 g/mol. The normalized spacial score (nSPS) is 25.9. The van der Waals surface area contributed by atoms with Gasteiger partial charge in [0.05, 0.1) is 0 Å². The summed E-state index contributed by atoms with van der Waals surface area (Å²) in [4.78, 5) is 12.7. The maximum Gasteiger partial charge on any atom is 0.167 e. The molecular weight excluding hydrogens is 254 g/mol. The van der Waals surface area contributed by atoms with Crippen molar-refractivity contribution < 1.29 is 14.3 Å². The van der Waals surface area contributed by atoms with Crippen LogP contribution in [0.1, 0.15) is 42.5 Å². The molecule has 0 amide bonds. The molecule has 0 radical (unpaired) electrons. The van der Waals surface area contributed by atoms with Crippen molar-refractivity contribution in [2.24, 2.45) is 11.7 Å². The zero-order valence-corrected chi connectivity index (χ0v) is 11.6. The minimum absolute atomic E-state index is 0.0156. The summed E-state index contributed by atoms with van der Waals surface area (Å²) in [6, 6.07) is 5.43. The van der Waals surface area contributed by atoms with Crippen LogP contribution in [0.3, 0.4) is 0 Å². The summed E-state index contributed by atoms with van der Waals surface area (Å²) in [6.07, 6.45) is 5.24. The van der Waals surface area contributed by atoms with E-state index in [4.69, 9.17) is 15.2 Å². The molecule has 3 rings (SSSR count). The highest BCUT2D eigenvalue weighted by Gasteiger charge is 2.28. The van der Waals surface area contributed by atoms with Gasteiger partial charge in [-0.05, 0) is 31.0 Å². The van der Waals surface area contributed by atoms with Crippen LogP contribution in [0.2, 0.25) is 0 Å². The Morgan fingerprint density at radius 3 is 2.65 bits per heavy atom. The van der Waals surface area contributed by atoms with E-state index in [0.29, 0.717) is 24.5 Å². The molecule has 1 aliphatic heterocycles. The molecule has 1 aromatic rings. The smallest absolute Gasteiger partial charge is 0.167 e. The molecule has 2 unspecified atom stereocenters.